The van der Waals surface area contributed by atoms with E-state index in [1.165, 1.54) is 5.56 Å². The fourth-order valence-electron chi connectivity index (χ4n) is 1.96. The molecule has 2 nitrogen and oxygen atoms in total. The van der Waals surface area contributed by atoms with Crippen LogP contribution in [-0.4, -0.2) is 6.04 Å². The highest BCUT2D eigenvalue weighted by atomic mass is 15.2. The van der Waals surface area contributed by atoms with Gasteiger partial charge in [0.05, 0.1) is 0 Å². The largest absolute Gasteiger partial charge is 0.271 e. The van der Waals surface area contributed by atoms with E-state index in [-0.39, 0.29) is 0 Å². The Hall–Kier alpha value is -1.30. The van der Waals surface area contributed by atoms with Crippen molar-refractivity contribution in [3.05, 3.63) is 35.9 Å². The average Bonchev–Trinajstić information content (AvgIpc) is 2.38. The molecule has 1 aromatic carbocycles. The van der Waals surface area contributed by atoms with Gasteiger partial charge in [-0.25, -0.2) is 0 Å². The second-order valence-corrected chi connectivity index (χ2v) is 4.34. The summed E-state index contributed by atoms with van der Waals surface area (Å²) in [4.78, 5) is 0. The molecule has 1 atom stereocenters. The van der Waals surface area contributed by atoms with E-state index in [1.807, 2.05) is 6.07 Å². The molecule has 0 heterocycles. The van der Waals surface area contributed by atoms with Crippen molar-refractivity contribution in [3.63, 3.8) is 0 Å². The highest BCUT2D eigenvalue weighted by Gasteiger charge is 2.05. The minimum atomic E-state index is 0.395. The van der Waals surface area contributed by atoms with E-state index >= 15 is 0 Å². The Labute approximate surface area is 105 Å². The lowest BCUT2D eigenvalue weighted by Gasteiger charge is -2.14. The molecule has 0 spiro atoms. The lowest BCUT2D eigenvalue weighted by atomic mass is 10.0. The van der Waals surface area contributed by atoms with Crippen LogP contribution in [0, 0.1) is 12.3 Å². The Balaban J connectivity index is 2.17. The van der Waals surface area contributed by atoms with E-state index in [9.17, 15) is 0 Å². The Morgan fingerprint density at radius 3 is 2.53 bits per heavy atom. The Bertz CT molecular complexity index is 327. The number of unbranched alkanes of at least 4 members (excludes halogenated alkanes) is 1. The first-order valence-corrected chi connectivity index (χ1v) is 6.30. The van der Waals surface area contributed by atoms with Crippen molar-refractivity contribution in [3.8, 4) is 12.3 Å². The van der Waals surface area contributed by atoms with Crippen LogP contribution in [-0.2, 0) is 6.42 Å². The summed E-state index contributed by atoms with van der Waals surface area (Å²) in [5.41, 5.74) is 4.27. The van der Waals surface area contributed by atoms with Crippen molar-refractivity contribution in [2.75, 3.05) is 0 Å². The predicted octanol–water partition coefficient (Wildman–Crippen LogP) is 2.64. The molecule has 2 heteroatoms. The van der Waals surface area contributed by atoms with Gasteiger partial charge in [0.25, 0.3) is 0 Å². The van der Waals surface area contributed by atoms with Gasteiger partial charge in [0, 0.05) is 12.5 Å². The van der Waals surface area contributed by atoms with Gasteiger partial charge in [0.2, 0.25) is 0 Å². The SMILES string of the molecule is C#CCCCC(CCCc1ccccc1)NN. The predicted molar refractivity (Wildman–Crippen MR) is 73.2 cm³/mol. The lowest BCUT2D eigenvalue weighted by molar-refractivity contribution is 0.442. The lowest BCUT2D eigenvalue weighted by Crippen LogP contribution is -2.35. The monoisotopic (exact) mass is 230 g/mol. The molecule has 0 fully saturated rings. The standard InChI is InChI=1S/C15H22N2/c1-2-3-5-12-15(17-16)13-8-11-14-9-6-4-7-10-14/h1,4,6-7,9-10,15,17H,3,5,8,11-13,16H2. The normalized spacial score (nSPS) is 12.0. The van der Waals surface area contributed by atoms with Gasteiger partial charge in [-0.3, -0.25) is 11.3 Å². The topological polar surface area (TPSA) is 38.0 Å². The van der Waals surface area contributed by atoms with Gasteiger partial charge in [-0.05, 0) is 37.7 Å². The van der Waals surface area contributed by atoms with Gasteiger partial charge in [0.1, 0.15) is 0 Å². The number of hydrazine groups is 1. The molecular formula is C15H22N2. The maximum absolute atomic E-state index is 5.53. The third-order valence-electron chi connectivity index (χ3n) is 2.97. The summed E-state index contributed by atoms with van der Waals surface area (Å²) >= 11 is 0. The zero-order valence-corrected chi connectivity index (χ0v) is 10.4. The van der Waals surface area contributed by atoms with E-state index in [0.29, 0.717) is 6.04 Å². The van der Waals surface area contributed by atoms with Crippen LogP contribution in [0.5, 0.6) is 0 Å². The minimum absolute atomic E-state index is 0.395. The molecule has 0 aliphatic heterocycles. The third kappa shape index (κ3) is 6.11. The highest BCUT2D eigenvalue weighted by molar-refractivity contribution is 5.14. The van der Waals surface area contributed by atoms with Crippen molar-refractivity contribution >= 4 is 0 Å². The molecule has 17 heavy (non-hydrogen) atoms. The molecule has 0 saturated carbocycles. The van der Waals surface area contributed by atoms with E-state index < -0.39 is 0 Å². The molecule has 0 aliphatic rings. The van der Waals surface area contributed by atoms with E-state index in [2.05, 4.69) is 35.6 Å². The Morgan fingerprint density at radius 2 is 1.88 bits per heavy atom. The van der Waals surface area contributed by atoms with Crippen LogP contribution in [0.3, 0.4) is 0 Å². The van der Waals surface area contributed by atoms with Crippen LogP contribution in [0.15, 0.2) is 30.3 Å². The van der Waals surface area contributed by atoms with Crippen LogP contribution < -0.4 is 11.3 Å². The first kappa shape index (κ1) is 13.8. The molecule has 1 aromatic rings. The average molecular weight is 230 g/mol. The molecule has 0 bridgehead atoms. The van der Waals surface area contributed by atoms with Crippen LogP contribution in [0.2, 0.25) is 0 Å². The van der Waals surface area contributed by atoms with Crippen molar-refractivity contribution < 1.29 is 0 Å². The van der Waals surface area contributed by atoms with Gasteiger partial charge in [0.15, 0.2) is 0 Å². The molecule has 3 N–H and O–H groups in total. The van der Waals surface area contributed by atoms with Crippen LogP contribution in [0.4, 0.5) is 0 Å². The van der Waals surface area contributed by atoms with Crippen LogP contribution in [0.1, 0.15) is 37.7 Å². The molecule has 1 unspecified atom stereocenters. The summed E-state index contributed by atoms with van der Waals surface area (Å²) in [6.45, 7) is 0. The number of aryl methyl sites for hydroxylation is 1. The number of nitrogens with one attached hydrogen (secondary N) is 1. The molecule has 0 radical (unpaired) electrons. The molecule has 1 rings (SSSR count). The Kier molecular flexibility index (Phi) is 7.13. The van der Waals surface area contributed by atoms with E-state index in [1.54, 1.807) is 0 Å². The smallest absolute Gasteiger partial charge is 0.0211 e. The number of nitrogens with two attached hydrogens (primary N) is 1. The zero-order chi connectivity index (χ0) is 12.3. The fraction of sp³-hybridized carbons (Fsp3) is 0.467. The number of rotatable bonds is 8. The maximum atomic E-state index is 5.53. The summed E-state index contributed by atoms with van der Waals surface area (Å²) in [7, 11) is 0. The van der Waals surface area contributed by atoms with Gasteiger partial charge in [-0.2, -0.15) is 0 Å². The molecule has 0 saturated heterocycles. The quantitative estimate of drug-likeness (QED) is 0.312. The first-order valence-electron chi connectivity index (χ1n) is 6.30. The van der Waals surface area contributed by atoms with Gasteiger partial charge in [-0.1, -0.05) is 30.3 Å². The number of benzene rings is 1. The molecule has 0 aliphatic carbocycles. The van der Waals surface area contributed by atoms with Gasteiger partial charge in [-0.15, -0.1) is 12.3 Å². The summed E-state index contributed by atoms with van der Waals surface area (Å²) in [5, 5.41) is 0. The van der Waals surface area contributed by atoms with Crippen LogP contribution in [0.25, 0.3) is 0 Å². The summed E-state index contributed by atoms with van der Waals surface area (Å²) < 4.78 is 0. The molecule has 0 amide bonds. The van der Waals surface area contributed by atoms with Crippen molar-refractivity contribution in [2.45, 2.75) is 44.6 Å². The summed E-state index contributed by atoms with van der Waals surface area (Å²) in [6.07, 6.45) is 11.6. The second-order valence-electron chi connectivity index (χ2n) is 4.34. The molecule has 92 valence electrons. The zero-order valence-electron chi connectivity index (χ0n) is 10.4. The number of terminal acetylenes is 1. The van der Waals surface area contributed by atoms with Gasteiger partial charge < -0.3 is 0 Å². The van der Waals surface area contributed by atoms with Crippen molar-refractivity contribution in [1.82, 2.24) is 5.43 Å². The van der Waals surface area contributed by atoms with E-state index in [4.69, 9.17) is 12.3 Å². The Morgan fingerprint density at radius 1 is 1.18 bits per heavy atom. The highest BCUT2D eigenvalue weighted by Crippen LogP contribution is 2.10. The summed E-state index contributed by atoms with van der Waals surface area (Å²) in [5.74, 6) is 8.19. The third-order valence-corrected chi connectivity index (χ3v) is 2.97. The molecule has 0 aromatic heterocycles. The van der Waals surface area contributed by atoms with Crippen molar-refractivity contribution in [1.29, 1.82) is 0 Å². The van der Waals surface area contributed by atoms with Crippen molar-refractivity contribution in [2.24, 2.45) is 5.84 Å². The minimum Gasteiger partial charge on any atom is -0.271 e. The number of hydrogen-bond donors (Lipinski definition) is 2. The molecular weight excluding hydrogens is 208 g/mol. The fourth-order valence-corrected chi connectivity index (χ4v) is 1.96. The maximum Gasteiger partial charge on any atom is 0.0211 e. The summed E-state index contributed by atoms with van der Waals surface area (Å²) in [6, 6.07) is 11.0. The van der Waals surface area contributed by atoms with Gasteiger partial charge >= 0.3 is 0 Å². The first-order chi connectivity index (χ1) is 8.36. The second kappa shape index (κ2) is 8.81. The number of hydrogen-bond acceptors (Lipinski definition) is 2. The van der Waals surface area contributed by atoms with Crippen LogP contribution >= 0.6 is 0 Å². The van der Waals surface area contributed by atoms with E-state index in [0.717, 1.165) is 38.5 Å².